The number of carbonyl (C=O) groups excluding carboxylic acids is 2. The van der Waals surface area contributed by atoms with Gasteiger partial charge in [0.15, 0.2) is 6.61 Å². The zero-order valence-electron chi connectivity index (χ0n) is 16.6. The molecule has 0 aliphatic carbocycles. The first-order valence-corrected chi connectivity index (χ1v) is 9.27. The number of nitrogens with one attached hydrogen (secondary N) is 1. The Balaban J connectivity index is 1.88. The highest BCUT2D eigenvalue weighted by Crippen LogP contribution is 2.22. The molecule has 0 radical (unpaired) electrons. The average Bonchev–Trinajstić information content (AvgIpc) is 3.18. The maximum Gasteiger partial charge on any atom is 0.433 e. The molecule has 0 unspecified atom stereocenters. The highest BCUT2D eigenvalue weighted by Gasteiger charge is 2.19. The molecule has 8 nitrogen and oxygen atoms in total. The molecule has 0 spiro atoms. The van der Waals surface area contributed by atoms with Gasteiger partial charge in [-0.05, 0) is 35.6 Å². The van der Waals surface area contributed by atoms with Gasteiger partial charge >= 0.3 is 11.9 Å². The van der Waals surface area contributed by atoms with Gasteiger partial charge in [-0.1, -0.05) is 45.0 Å². The Labute approximate surface area is 168 Å². The van der Waals surface area contributed by atoms with Gasteiger partial charge in [0.05, 0.1) is 12.1 Å². The Morgan fingerprint density at radius 2 is 1.90 bits per heavy atom. The number of esters is 1. The molecule has 1 N–H and O–H groups in total. The van der Waals surface area contributed by atoms with Gasteiger partial charge in [0, 0.05) is 6.08 Å². The first-order chi connectivity index (χ1) is 13.8. The van der Waals surface area contributed by atoms with Crippen molar-refractivity contribution in [3.8, 4) is 0 Å². The predicted molar refractivity (Wildman–Crippen MR) is 107 cm³/mol. The van der Waals surface area contributed by atoms with Gasteiger partial charge in [-0.25, -0.2) is 4.79 Å². The molecule has 154 valence electrons. The lowest BCUT2D eigenvalue weighted by Crippen LogP contribution is -2.34. The molecule has 1 atom stereocenters. The second-order valence-electron chi connectivity index (χ2n) is 6.76. The van der Waals surface area contributed by atoms with Crippen LogP contribution in [0.2, 0.25) is 0 Å². The molecule has 2 rings (SSSR count). The fourth-order valence-electron chi connectivity index (χ4n) is 2.68. The van der Waals surface area contributed by atoms with Crippen LogP contribution >= 0.6 is 0 Å². The Morgan fingerprint density at radius 3 is 2.45 bits per heavy atom. The van der Waals surface area contributed by atoms with Crippen molar-refractivity contribution in [2.24, 2.45) is 5.92 Å². The minimum atomic E-state index is -0.757. The number of hydrogen-bond donors (Lipinski definition) is 1. The highest BCUT2D eigenvalue weighted by atomic mass is 16.6. The fraction of sp³-hybridized carbons (Fsp3) is 0.333. The summed E-state index contributed by atoms with van der Waals surface area (Å²) in [5, 5.41) is 13.4. The molecule has 0 fully saturated rings. The number of nitro groups is 1. The van der Waals surface area contributed by atoms with E-state index in [2.05, 4.69) is 12.2 Å². The third kappa shape index (κ3) is 6.60. The van der Waals surface area contributed by atoms with E-state index in [1.807, 2.05) is 38.1 Å². The van der Waals surface area contributed by atoms with E-state index in [0.717, 1.165) is 18.1 Å². The lowest BCUT2D eigenvalue weighted by Gasteiger charge is -2.23. The summed E-state index contributed by atoms with van der Waals surface area (Å²) in [6.07, 6.45) is 3.21. The van der Waals surface area contributed by atoms with E-state index < -0.39 is 29.3 Å². The van der Waals surface area contributed by atoms with E-state index in [1.54, 1.807) is 0 Å². The van der Waals surface area contributed by atoms with Crippen LogP contribution in [-0.2, 0) is 20.7 Å². The lowest BCUT2D eigenvalue weighted by atomic mass is 9.95. The van der Waals surface area contributed by atoms with Gasteiger partial charge in [-0.15, -0.1) is 0 Å². The van der Waals surface area contributed by atoms with E-state index in [-0.39, 0.29) is 17.7 Å². The first-order valence-electron chi connectivity index (χ1n) is 9.27. The Hall–Kier alpha value is -3.42. The lowest BCUT2D eigenvalue weighted by molar-refractivity contribution is -0.402. The summed E-state index contributed by atoms with van der Waals surface area (Å²) in [7, 11) is 0. The first kappa shape index (κ1) is 21.9. The summed E-state index contributed by atoms with van der Waals surface area (Å²) in [5.74, 6) is -1.32. The van der Waals surface area contributed by atoms with Crippen LogP contribution in [0.4, 0.5) is 5.88 Å². The second-order valence-corrected chi connectivity index (χ2v) is 6.76. The van der Waals surface area contributed by atoms with Crippen LogP contribution in [0.3, 0.4) is 0 Å². The SMILES string of the molecule is CCc1ccc([C@H](NC(=O)COC(=O)/C=C/c2ccc([N+](=O)[O-])o2)C(C)C)cc1. The molecule has 0 bridgehead atoms. The number of rotatable bonds is 9. The quantitative estimate of drug-likeness (QED) is 0.296. The van der Waals surface area contributed by atoms with E-state index in [0.29, 0.717) is 0 Å². The topological polar surface area (TPSA) is 112 Å². The van der Waals surface area contributed by atoms with Crippen molar-refractivity contribution in [3.63, 3.8) is 0 Å². The van der Waals surface area contributed by atoms with E-state index in [1.165, 1.54) is 23.8 Å². The molecule has 0 saturated carbocycles. The van der Waals surface area contributed by atoms with Crippen molar-refractivity contribution in [1.82, 2.24) is 5.32 Å². The normalized spacial score (nSPS) is 12.1. The van der Waals surface area contributed by atoms with Crippen LogP contribution < -0.4 is 5.32 Å². The molecule has 1 amide bonds. The number of furan rings is 1. The molecular formula is C21H24N2O6. The van der Waals surface area contributed by atoms with Gasteiger partial charge in [-0.2, -0.15) is 0 Å². The maximum atomic E-state index is 12.2. The van der Waals surface area contributed by atoms with Crippen molar-refractivity contribution in [2.45, 2.75) is 33.2 Å². The summed E-state index contributed by atoms with van der Waals surface area (Å²) in [4.78, 5) is 33.8. The number of aryl methyl sites for hydroxylation is 1. The molecule has 8 heteroatoms. The van der Waals surface area contributed by atoms with Crippen LogP contribution in [0, 0.1) is 16.0 Å². The van der Waals surface area contributed by atoms with Gasteiger partial charge in [-0.3, -0.25) is 14.9 Å². The van der Waals surface area contributed by atoms with Crippen LogP contribution in [0.1, 0.15) is 43.7 Å². The number of carbonyl (C=O) groups is 2. The van der Waals surface area contributed by atoms with Crippen molar-refractivity contribution < 1.29 is 23.7 Å². The van der Waals surface area contributed by atoms with Gasteiger partial charge in [0.25, 0.3) is 5.91 Å². The summed E-state index contributed by atoms with van der Waals surface area (Å²) < 4.78 is 9.81. The molecule has 1 heterocycles. The molecule has 0 saturated heterocycles. The molecular weight excluding hydrogens is 376 g/mol. The van der Waals surface area contributed by atoms with Crippen molar-refractivity contribution in [1.29, 1.82) is 0 Å². The van der Waals surface area contributed by atoms with Gasteiger partial charge in [0.2, 0.25) is 0 Å². The van der Waals surface area contributed by atoms with Crippen LogP contribution in [0.25, 0.3) is 6.08 Å². The summed E-state index contributed by atoms with van der Waals surface area (Å²) >= 11 is 0. The highest BCUT2D eigenvalue weighted by molar-refractivity contribution is 5.89. The molecule has 29 heavy (non-hydrogen) atoms. The minimum absolute atomic E-state index is 0.133. The number of amides is 1. The van der Waals surface area contributed by atoms with Crippen LogP contribution in [0.5, 0.6) is 0 Å². The Morgan fingerprint density at radius 1 is 1.21 bits per heavy atom. The predicted octanol–water partition coefficient (Wildman–Crippen LogP) is 3.82. The molecule has 0 aliphatic heterocycles. The van der Waals surface area contributed by atoms with E-state index >= 15 is 0 Å². The van der Waals surface area contributed by atoms with Crippen molar-refractivity contribution >= 4 is 23.8 Å². The average molecular weight is 400 g/mol. The van der Waals surface area contributed by atoms with Gasteiger partial charge < -0.3 is 14.5 Å². The third-order valence-corrected chi connectivity index (χ3v) is 4.25. The number of hydrogen-bond acceptors (Lipinski definition) is 6. The zero-order chi connectivity index (χ0) is 21.4. The minimum Gasteiger partial charge on any atom is -0.452 e. The van der Waals surface area contributed by atoms with E-state index in [4.69, 9.17) is 9.15 Å². The second kappa shape index (κ2) is 10.2. The molecule has 2 aromatic rings. The largest absolute Gasteiger partial charge is 0.452 e. The third-order valence-electron chi connectivity index (χ3n) is 4.25. The molecule has 1 aromatic heterocycles. The van der Waals surface area contributed by atoms with Crippen molar-refractivity contribution in [2.75, 3.05) is 6.61 Å². The zero-order valence-corrected chi connectivity index (χ0v) is 16.6. The number of benzene rings is 1. The van der Waals surface area contributed by atoms with E-state index in [9.17, 15) is 19.7 Å². The fourth-order valence-corrected chi connectivity index (χ4v) is 2.68. The van der Waals surface area contributed by atoms with Crippen molar-refractivity contribution in [3.05, 3.63) is 69.5 Å². The van der Waals surface area contributed by atoms with Crippen LogP contribution in [-0.4, -0.2) is 23.4 Å². The summed E-state index contributed by atoms with van der Waals surface area (Å²) in [6.45, 7) is 5.64. The number of nitrogens with zero attached hydrogens (tertiary/aromatic N) is 1. The molecule has 0 aliphatic rings. The number of ether oxygens (including phenoxy) is 1. The molecule has 1 aromatic carbocycles. The smallest absolute Gasteiger partial charge is 0.433 e. The summed E-state index contributed by atoms with van der Waals surface area (Å²) in [5.41, 5.74) is 2.20. The monoisotopic (exact) mass is 400 g/mol. The maximum absolute atomic E-state index is 12.2. The Bertz CT molecular complexity index is 883. The summed E-state index contributed by atoms with van der Waals surface area (Å²) in [6, 6.07) is 10.4. The standard InChI is InChI=1S/C21H24N2O6/c1-4-15-5-7-16(8-6-15)21(14(2)3)22-18(24)13-28-20(25)12-10-17-9-11-19(29-17)23(26)27/h5-12,14,21H,4,13H2,1-3H3,(H,22,24)/b12-10+/t21-/m1/s1. The van der Waals surface area contributed by atoms with Gasteiger partial charge in [0.1, 0.15) is 10.7 Å². The van der Waals surface area contributed by atoms with Crippen LogP contribution in [0.15, 0.2) is 46.9 Å². The Kier molecular flexibility index (Phi) is 7.70.